The maximum absolute atomic E-state index is 12.7. The van der Waals surface area contributed by atoms with Gasteiger partial charge in [0.05, 0.1) is 11.2 Å². The predicted octanol–water partition coefficient (Wildman–Crippen LogP) is 3.73. The van der Waals surface area contributed by atoms with Crippen molar-refractivity contribution in [1.82, 2.24) is 15.3 Å². The molecule has 3 rings (SSSR count). The van der Waals surface area contributed by atoms with Crippen LogP contribution in [0.4, 0.5) is 0 Å². The van der Waals surface area contributed by atoms with Crippen LogP contribution in [-0.2, 0) is 10.3 Å². The van der Waals surface area contributed by atoms with Crippen molar-refractivity contribution in [3.63, 3.8) is 0 Å². The number of carbonyl (C=O) groups is 1. The molecular weight excluding hydrogens is 380 g/mol. The molecule has 0 spiro atoms. The van der Waals surface area contributed by atoms with Crippen LogP contribution in [0.25, 0.3) is 6.08 Å². The van der Waals surface area contributed by atoms with E-state index in [-0.39, 0.29) is 11.5 Å². The van der Waals surface area contributed by atoms with Crippen molar-refractivity contribution >= 4 is 27.9 Å². The minimum Gasteiger partial charge on any atom is -0.342 e. The lowest BCUT2D eigenvalue weighted by Gasteiger charge is -2.30. The second kappa shape index (κ2) is 7.58. The lowest BCUT2D eigenvalue weighted by atomic mass is 9.89. The second-order valence-electron chi connectivity index (χ2n) is 6.04. The van der Waals surface area contributed by atoms with Crippen molar-refractivity contribution in [2.24, 2.45) is 0 Å². The minimum atomic E-state index is -0.452. The summed E-state index contributed by atoms with van der Waals surface area (Å²) < 4.78 is 0.654. The van der Waals surface area contributed by atoms with Gasteiger partial charge < -0.3 is 5.32 Å². The molecule has 0 bridgehead atoms. The van der Waals surface area contributed by atoms with Crippen LogP contribution in [0.5, 0.6) is 0 Å². The van der Waals surface area contributed by atoms with Crippen LogP contribution in [0.2, 0.25) is 0 Å². The van der Waals surface area contributed by atoms with Gasteiger partial charge in [0, 0.05) is 12.4 Å². The third kappa shape index (κ3) is 3.94. The molecule has 1 fully saturated rings. The number of nitrogens with one attached hydrogen (secondary N) is 1. The van der Waals surface area contributed by atoms with Gasteiger partial charge in [-0.2, -0.15) is 5.26 Å². The number of hydrogen-bond donors (Lipinski definition) is 1. The van der Waals surface area contributed by atoms with Gasteiger partial charge in [-0.3, -0.25) is 9.78 Å². The number of amides is 1. The maximum atomic E-state index is 12.7. The van der Waals surface area contributed by atoms with E-state index in [9.17, 15) is 10.1 Å². The van der Waals surface area contributed by atoms with E-state index in [4.69, 9.17) is 0 Å². The fraction of sp³-hybridized carbons (Fsp3) is 0.263. The molecule has 0 unspecified atom stereocenters. The average Bonchev–Trinajstić information content (AvgIpc) is 3.10. The SMILES string of the molecule is N#CC(=Cc1cccc(Br)n1)C(=O)NC1(c2cccnc2)CCCC1. The molecule has 0 aliphatic heterocycles. The molecule has 2 heterocycles. The molecule has 2 aromatic heterocycles. The minimum absolute atomic E-state index is 0.0424. The highest BCUT2D eigenvalue weighted by Gasteiger charge is 2.37. The summed E-state index contributed by atoms with van der Waals surface area (Å²) in [5, 5.41) is 12.5. The van der Waals surface area contributed by atoms with Crippen molar-refractivity contribution in [1.29, 1.82) is 5.26 Å². The number of aromatic nitrogens is 2. The highest BCUT2D eigenvalue weighted by Crippen LogP contribution is 2.38. The lowest BCUT2D eigenvalue weighted by molar-refractivity contribution is -0.119. The fourth-order valence-corrected chi connectivity index (χ4v) is 3.55. The first kappa shape index (κ1) is 17.3. The van der Waals surface area contributed by atoms with Crippen LogP contribution < -0.4 is 5.32 Å². The Kier molecular flexibility index (Phi) is 5.25. The van der Waals surface area contributed by atoms with Gasteiger partial charge in [0.2, 0.25) is 0 Å². The lowest BCUT2D eigenvalue weighted by Crippen LogP contribution is -2.44. The van der Waals surface area contributed by atoms with Crippen LogP contribution in [0, 0.1) is 11.3 Å². The first-order valence-electron chi connectivity index (χ1n) is 8.10. The number of halogens is 1. The zero-order valence-electron chi connectivity index (χ0n) is 13.6. The first-order chi connectivity index (χ1) is 12.1. The summed E-state index contributed by atoms with van der Waals surface area (Å²) in [6.45, 7) is 0. The van der Waals surface area contributed by atoms with Gasteiger partial charge in [0.15, 0.2) is 0 Å². The van der Waals surface area contributed by atoms with E-state index in [0.29, 0.717) is 10.3 Å². The monoisotopic (exact) mass is 396 g/mol. The molecule has 1 N–H and O–H groups in total. The van der Waals surface area contributed by atoms with Gasteiger partial charge >= 0.3 is 0 Å². The molecule has 126 valence electrons. The second-order valence-corrected chi connectivity index (χ2v) is 6.85. The Morgan fingerprint density at radius 1 is 1.28 bits per heavy atom. The van der Waals surface area contributed by atoms with E-state index < -0.39 is 5.54 Å². The van der Waals surface area contributed by atoms with Crippen LogP contribution in [0.3, 0.4) is 0 Å². The number of carbonyl (C=O) groups excluding carboxylic acids is 1. The average molecular weight is 397 g/mol. The van der Waals surface area contributed by atoms with E-state index in [1.165, 1.54) is 6.08 Å². The summed E-state index contributed by atoms with van der Waals surface area (Å²) in [6.07, 6.45) is 8.77. The molecule has 6 heteroatoms. The Morgan fingerprint density at radius 3 is 2.72 bits per heavy atom. The van der Waals surface area contributed by atoms with E-state index in [1.54, 1.807) is 24.5 Å². The summed E-state index contributed by atoms with van der Waals surface area (Å²) in [6, 6.07) is 11.2. The third-order valence-electron chi connectivity index (χ3n) is 4.42. The molecule has 0 aromatic carbocycles. The van der Waals surface area contributed by atoms with Crippen molar-refractivity contribution in [2.75, 3.05) is 0 Å². The van der Waals surface area contributed by atoms with Gasteiger partial charge in [0.25, 0.3) is 5.91 Å². The van der Waals surface area contributed by atoms with Crippen molar-refractivity contribution in [2.45, 2.75) is 31.2 Å². The van der Waals surface area contributed by atoms with Gasteiger partial charge in [-0.1, -0.05) is 25.0 Å². The molecular formula is C19H17BrN4O. The summed E-state index contributed by atoms with van der Waals surface area (Å²) in [4.78, 5) is 21.2. The van der Waals surface area contributed by atoms with Crippen molar-refractivity contribution in [3.8, 4) is 6.07 Å². The molecule has 1 amide bonds. The smallest absolute Gasteiger partial charge is 0.262 e. The topological polar surface area (TPSA) is 78.7 Å². The summed E-state index contributed by atoms with van der Waals surface area (Å²) in [5.74, 6) is -0.380. The summed E-state index contributed by atoms with van der Waals surface area (Å²) in [5.41, 5.74) is 1.13. The van der Waals surface area contributed by atoms with E-state index >= 15 is 0 Å². The van der Waals surface area contributed by atoms with Crippen LogP contribution >= 0.6 is 15.9 Å². The first-order valence-corrected chi connectivity index (χ1v) is 8.90. The Bertz CT molecular complexity index is 836. The molecule has 1 aliphatic carbocycles. The molecule has 25 heavy (non-hydrogen) atoms. The maximum Gasteiger partial charge on any atom is 0.262 e. The zero-order valence-corrected chi connectivity index (χ0v) is 15.2. The van der Waals surface area contributed by atoms with Crippen LogP contribution in [0.1, 0.15) is 36.9 Å². The number of rotatable bonds is 4. The Morgan fingerprint density at radius 2 is 2.08 bits per heavy atom. The number of nitrogens with zero attached hydrogens (tertiary/aromatic N) is 3. The standard InChI is InChI=1S/C19H17BrN4O/c20-17-7-3-6-16(23-17)11-14(12-21)18(25)24-19(8-1-2-9-19)15-5-4-10-22-13-15/h3-7,10-11,13H,1-2,8-9H2,(H,24,25). The molecule has 2 aromatic rings. The normalized spacial score (nSPS) is 16.2. The summed E-state index contributed by atoms with van der Waals surface area (Å²) in [7, 11) is 0. The third-order valence-corrected chi connectivity index (χ3v) is 4.86. The molecule has 5 nitrogen and oxygen atoms in total. The Labute approximate surface area is 154 Å². The largest absolute Gasteiger partial charge is 0.342 e. The molecule has 1 aliphatic rings. The highest BCUT2D eigenvalue weighted by molar-refractivity contribution is 9.10. The molecule has 0 radical (unpaired) electrons. The van der Waals surface area contributed by atoms with Gasteiger partial charge in [-0.25, -0.2) is 4.98 Å². The van der Waals surface area contributed by atoms with Gasteiger partial charge in [-0.15, -0.1) is 0 Å². The van der Waals surface area contributed by atoms with E-state index in [0.717, 1.165) is 31.2 Å². The molecule has 1 saturated carbocycles. The number of pyridine rings is 2. The Hall–Kier alpha value is -2.52. The fourth-order valence-electron chi connectivity index (χ4n) is 3.20. The number of nitriles is 1. The van der Waals surface area contributed by atoms with E-state index in [2.05, 4.69) is 31.2 Å². The van der Waals surface area contributed by atoms with Crippen LogP contribution in [0.15, 0.2) is 52.9 Å². The molecule has 0 saturated heterocycles. The van der Waals surface area contributed by atoms with Crippen molar-refractivity contribution < 1.29 is 4.79 Å². The van der Waals surface area contributed by atoms with E-state index in [1.807, 2.05) is 24.3 Å². The Balaban J connectivity index is 1.87. The van der Waals surface area contributed by atoms with Crippen molar-refractivity contribution in [3.05, 3.63) is 64.2 Å². The predicted molar refractivity (Wildman–Crippen MR) is 98.1 cm³/mol. The quantitative estimate of drug-likeness (QED) is 0.485. The summed E-state index contributed by atoms with van der Waals surface area (Å²) >= 11 is 3.29. The number of hydrogen-bond acceptors (Lipinski definition) is 4. The van der Waals surface area contributed by atoms with Gasteiger partial charge in [0.1, 0.15) is 16.2 Å². The highest BCUT2D eigenvalue weighted by atomic mass is 79.9. The van der Waals surface area contributed by atoms with Gasteiger partial charge in [-0.05, 0) is 58.6 Å². The molecule has 0 atom stereocenters. The van der Waals surface area contributed by atoms with Crippen LogP contribution in [-0.4, -0.2) is 15.9 Å². The zero-order chi connectivity index (χ0) is 17.7.